The summed E-state index contributed by atoms with van der Waals surface area (Å²) in [6, 6.07) is 14.6. The van der Waals surface area contributed by atoms with Gasteiger partial charge in [0.1, 0.15) is 5.82 Å². The SMILES string of the molecule is CCn1c(SCC(=O)Nc2ccccc2F)nnc1C(C)NC(=O)c1ccccc1. The molecule has 0 spiro atoms. The quantitative estimate of drug-likeness (QED) is 0.536. The molecule has 0 fully saturated rings. The molecule has 3 rings (SSSR count). The lowest BCUT2D eigenvalue weighted by atomic mass is 10.2. The zero-order valence-electron chi connectivity index (χ0n) is 16.6. The summed E-state index contributed by atoms with van der Waals surface area (Å²) in [5.41, 5.74) is 0.698. The topological polar surface area (TPSA) is 88.9 Å². The highest BCUT2D eigenvalue weighted by Crippen LogP contribution is 2.21. The molecule has 0 radical (unpaired) electrons. The van der Waals surface area contributed by atoms with E-state index in [1.807, 2.05) is 24.5 Å². The number of thioether (sulfide) groups is 1. The molecule has 156 valence electrons. The first-order valence-electron chi connectivity index (χ1n) is 9.45. The number of nitrogens with one attached hydrogen (secondary N) is 2. The van der Waals surface area contributed by atoms with Gasteiger partial charge in [0.2, 0.25) is 5.91 Å². The molecule has 0 aliphatic rings. The Morgan fingerprint density at radius 3 is 2.50 bits per heavy atom. The van der Waals surface area contributed by atoms with Gasteiger partial charge in [0.25, 0.3) is 5.91 Å². The zero-order chi connectivity index (χ0) is 21.5. The third-order valence-electron chi connectivity index (χ3n) is 4.31. The molecule has 0 aliphatic carbocycles. The predicted molar refractivity (Wildman–Crippen MR) is 114 cm³/mol. The van der Waals surface area contributed by atoms with Crippen LogP contribution in [0.2, 0.25) is 0 Å². The molecule has 2 N–H and O–H groups in total. The third kappa shape index (κ3) is 5.24. The van der Waals surface area contributed by atoms with Crippen LogP contribution < -0.4 is 10.6 Å². The fraction of sp³-hybridized carbons (Fsp3) is 0.238. The predicted octanol–water partition coefficient (Wildman–Crippen LogP) is 3.66. The molecule has 0 saturated heterocycles. The fourth-order valence-corrected chi connectivity index (χ4v) is 3.65. The minimum absolute atomic E-state index is 0.0528. The van der Waals surface area contributed by atoms with Crippen LogP contribution in [0.3, 0.4) is 0 Å². The second kappa shape index (κ2) is 10.0. The standard InChI is InChI=1S/C21H22FN5O2S/c1-3-27-19(14(2)23-20(29)15-9-5-4-6-10-15)25-26-21(27)30-13-18(28)24-17-12-8-7-11-16(17)22/h4-12,14H,3,13H2,1-2H3,(H,23,29)(H,24,28). The van der Waals surface area contributed by atoms with E-state index < -0.39 is 5.82 Å². The average Bonchev–Trinajstić information content (AvgIpc) is 3.17. The van der Waals surface area contributed by atoms with Gasteiger partial charge in [-0.05, 0) is 38.1 Å². The molecule has 1 aromatic heterocycles. The fourth-order valence-electron chi connectivity index (χ4n) is 2.84. The number of para-hydroxylation sites is 1. The highest BCUT2D eigenvalue weighted by atomic mass is 32.2. The van der Waals surface area contributed by atoms with Crippen LogP contribution in [0.4, 0.5) is 10.1 Å². The van der Waals surface area contributed by atoms with Crippen molar-refractivity contribution in [2.24, 2.45) is 0 Å². The van der Waals surface area contributed by atoms with Gasteiger partial charge in [0, 0.05) is 12.1 Å². The Kier molecular flexibility index (Phi) is 7.18. The molecule has 1 atom stereocenters. The largest absolute Gasteiger partial charge is 0.342 e. The number of benzene rings is 2. The molecule has 0 bridgehead atoms. The number of aromatic nitrogens is 3. The van der Waals surface area contributed by atoms with E-state index in [2.05, 4.69) is 20.8 Å². The second-order valence-corrected chi connectivity index (χ2v) is 7.41. The van der Waals surface area contributed by atoms with E-state index in [0.717, 1.165) is 0 Å². The smallest absolute Gasteiger partial charge is 0.251 e. The van der Waals surface area contributed by atoms with Crippen molar-refractivity contribution < 1.29 is 14.0 Å². The number of amides is 2. The Balaban J connectivity index is 1.63. The summed E-state index contributed by atoms with van der Waals surface area (Å²) in [6.07, 6.45) is 0. The van der Waals surface area contributed by atoms with Gasteiger partial charge in [0.05, 0.1) is 17.5 Å². The second-order valence-electron chi connectivity index (χ2n) is 6.46. The van der Waals surface area contributed by atoms with Crippen molar-refractivity contribution in [3.05, 3.63) is 71.8 Å². The maximum Gasteiger partial charge on any atom is 0.251 e. The van der Waals surface area contributed by atoms with Gasteiger partial charge in [-0.3, -0.25) is 9.59 Å². The van der Waals surface area contributed by atoms with Gasteiger partial charge in [0.15, 0.2) is 11.0 Å². The summed E-state index contributed by atoms with van der Waals surface area (Å²) in [6.45, 7) is 4.34. The summed E-state index contributed by atoms with van der Waals surface area (Å²) in [5, 5.41) is 14.4. The molecule has 9 heteroatoms. The molecule has 2 aromatic carbocycles. The third-order valence-corrected chi connectivity index (χ3v) is 5.28. The number of hydrogen-bond acceptors (Lipinski definition) is 5. The van der Waals surface area contributed by atoms with Crippen LogP contribution in [0.25, 0.3) is 0 Å². The lowest BCUT2D eigenvalue weighted by Crippen LogP contribution is -2.28. The van der Waals surface area contributed by atoms with Gasteiger partial charge in [-0.2, -0.15) is 0 Å². The summed E-state index contributed by atoms with van der Waals surface area (Å²) in [7, 11) is 0. The Morgan fingerprint density at radius 1 is 1.10 bits per heavy atom. The maximum atomic E-state index is 13.7. The van der Waals surface area contributed by atoms with Crippen molar-refractivity contribution >= 4 is 29.3 Å². The van der Waals surface area contributed by atoms with Crippen LogP contribution in [-0.4, -0.2) is 32.3 Å². The molecule has 1 unspecified atom stereocenters. The van der Waals surface area contributed by atoms with Crippen LogP contribution >= 0.6 is 11.8 Å². The number of anilines is 1. The van der Waals surface area contributed by atoms with Crippen molar-refractivity contribution in [3.63, 3.8) is 0 Å². The van der Waals surface area contributed by atoms with Gasteiger partial charge >= 0.3 is 0 Å². The minimum atomic E-state index is -0.488. The molecule has 0 aliphatic heterocycles. The van der Waals surface area contributed by atoms with Crippen LogP contribution in [0, 0.1) is 5.82 Å². The monoisotopic (exact) mass is 427 g/mol. The lowest BCUT2D eigenvalue weighted by molar-refractivity contribution is -0.113. The van der Waals surface area contributed by atoms with E-state index in [-0.39, 0.29) is 29.3 Å². The Bertz CT molecular complexity index is 1030. The van der Waals surface area contributed by atoms with Gasteiger partial charge in [-0.15, -0.1) is 10.2 Å². The van der Waals surface area contributed by atoms with Crippen molar-refractivity contribution in [1.82, 2.24) is 20.1 Å². The van der Waals surface area contributed by atoms with E-state index in [0.29, 0.717) is 23.1 Å². The van der Waals surface area contributed by atoms with Crippen molar-refractivity contribution in [2.45, 2.75) is 31.6 Å². The van der Waals surface area contributed by atoms with Gasteiger partial charge in [-0.25, -0.2) is 4.39 Å². The summed E-state index contributed by atoms with van der Waals surface area (Å²) in [5.74, 6) is -0.386. The zero-order valence-corrected chi connectivity index (χ0v) is 17.4. The van der Waals surface area contributed by atoms with E-state index >= 15 is 0 Å². The lowest BCUT2D eigenvalue weighted by Gasteiger charge is -2.15. The Morgan fingerprint density at radius 2 is 1.80 bits per heavy atom. The van der Waals surface area contributed by atoms with E-state index in [9.17, 15) is 14.0 Å². The molecule has 2 amide bonds. The Labute approximate surface area is 178 Å². The number of carbonyl (C=O) groups is 2. The minimum Gasteiger partial charge on any atom is -0.342 e. The van der Waals surface area contributed by atoms with Gasteiger partial charge in [-0.1, -0.05) is 42.1 Å². The summed E-state index contributed by atoms with van der Waals surface area (Å²) >= 11 is 1.20. The molecular weight excluding hydrogens is 405 g/mol. The van der Waals surface area contributed by atoms with Crippen molar-refractivity contribution in [3.8, 4) is 0 Å². The highest BCUT2D eigenvalue weighted by molar-refractivity contribution is 7.99. The van der Waals surface area contributed by atoms with Crippen LogP contribution in [0.15, 0.2) is 59.8 Å². The maximum absolute atomic E-state index is 13.7. The number of rotatable bonds is 8. The van der Waals surface area contributed by atoms with E-state index in [4.69, 9.17) is 0 Å². The molecule has 3 aromatic rings. The molecule has 1 heterocycles. The average molecular weight is 428 g/mol. The van der Waals surface area contributed by atoms with E-state index in [1.165, 1.54) is 23.9 Å². The first-order chi connectivity index (χ1) is 14.5. The van der Waals surface area contributed by atoms with E-state index in [1.54, 1.807) is 36.4 Å². The summed E-state index contributed by atoms with van der Waals surface area (Å²) < 4.78 is 15.5. The van der Waals surface area contributed by atoms with Crippen molar-refractivity contribution in [2.75, 3.05) is 11.1 Å². The number of nitrogens with zero attached hydrogens (tertiary/aromatic N) is 3. The van der Waals surface area contributed by atoms with Crippen LogP contribution in [-0.2, 0) is 11.3 Å². The van der Waals surface area contributed by atoms with Crippen molar-refractivity contribution in [1.29, 1.82) is 0 Å². The first-order valence-corrected chi connectivity index (χ1v) is 10.4. The first kappa shape index (κ1) is 21.5. The normalized spacial score (nSPS) is 11.7. The van der Waals surface area contributed by atoms with Crippen LogP contribution in [0.5, 0.6) is 0 Å². The highest BCUT2D eigenvalue weighted by Gasteiger charge is 2.20. The number of hydrogen-bond donors (Lipinski definition) is 2. The van der Waals surface area contributed by atoms with Gasteiger partial charge < -0.3 is 15.2 Å². The Hall–Kier alpha value is -3.20. The van der Waals surface area contributed by atoms with Crippen LogP contribution in [0.1, 0.15) is 36.1 Å². The number of carbonyl (C=O) groups excluding carboxylic acids is 2. The molecule has 30 heavy (non-hydrogen) atoms. The summed E-state index contributed by atoms with van der Waals surface area (Å²) in [4.78, 5) is 24.6. The molecule has 0 saturated carbocycles. The molecule has 7 nitrogen and oxygen atoms in total. The molecular formula is C21H22FN5O2S. The number of halogens is 1.